The number of halogens is 1. The van der Waals surface area contributed by atoms with E-state index in [9.17, 15) is 16.8 Å². The molecule has 0 fully saturated rings. The number of nitrogens with one attached hydrogen (secondary N) is 1. The molecule has 104 valence electrons. The molecule has 0 amide bonds. The molecule has 0 aliphatic carbocycles. The predicted octanol–water partition coefficient (Wildman–Crippen LogP) is 0.0827. The minimum Gasteiger partial charge on any atom is -0.309 e. The summed E-state index contributed by atoms with van der Waals surface area (Å²) in [5.41, 5.74) is 0.475. The van der Waals surface area contributed by atoms with E-state index in [0.717, 1.165) is 11.3 Å². The summed E-state index contributed by atoms with van der Waals surface area (Å²) < 4.78 is 46.3. The van der Waals surface area contributed by atoms with Gasteiger partial charge in [-0.25, -0.2) is 22.0 Å². The van der Waals surface area contributed by atoms with Crippen LogP contribution < -0.4 is 10.5 Å². The van der Waals surface area contributed by atoms with Crippen LogP contribution in [0.3, 0.4) is 0 Å². The highest BCUT2D eigenvalue weighted by Crippen LogP contribution is 2.32. The van der Waals surface area contributed by atoms with Crippen LogP contribution in [0.4, 0.5) is 0 Å². The fourth-order valence-electron chi connectivity index (χ4n) is 1.66. The van der Waals surface area contributed by atoms with E-state index in [1.807, 2.05) is 0 Å². The van der Waals surface area contributed by atoms with E-state index in [2.05, 4.69) is 5.32 Å². The molecule has 0 saturated carbocycles. The molecule has 0 aromatic carbocycles. The maximum atomic E-state index is 12.0. The fourth-order valence-corrected chi connectivity index (χ4v) is 5.93. The molecule has 6 nitrogen and oxygen atoms in total. The van der Waals surface area contributed by atoms with Gasteiger partial charge in [-0.15, -0.1) is 23.7 Å². The highest BCUT2D eigenvalue weighted by atomic mass is 35.5. The summed E-state index contributed by atoms with van der Waals surface area (Å²) in [5.74, 6) is -0.0371. The normalized spacial score (nSPS) is 22.7. The topological polar surface area (TPSA) is 106 Å². The summed E-state index contributed by atoms with van der Waals surface area (Å²) in [6.07, 6.45) is 0. The summed E-state index contributed by atoms with van der Waals surface area (Å²) >= 11 is 0.724. The lowest BCUT2D eigenvalue weighted by Crippen LogP contribution is -2.29. The molecule has 2 heterocycles. The van der Waals surface area contributed by atoms with Gasteiger partial charge < -0.3 is 5.32 Å². The Morgan fingerprint density at radius 2 is 2.11 bits per heavy atom. The Balaban J connectivity index is 0.00000162. The van der Waals surface area contributed by atoms with E-state index in [-0.39, 0.29) is 32.6 Å². The van der Waals surface area contributed by atoms with Gasteiger partial charge in [0.25, 0.3) is 0 Å². The van der Waals surface area contributed by atoms with Gasteiger partial charge in [0.1, 0.15) is 8.42 Å². The van der Waals surface area contributed by atoms with Crippen LogP contribution in [0.1, 0.15) is 12.5 Å². The van der Waals surface area contributed by atoms with Crippen molar-refractivity contribution in [2.24, 2.45) is 5.14 Å². The molecule has 3 N–H and O–H groups in total. The lowest BCUT2D eigenvalue weighted by atomic mass is 10.3. The van der Waals surface area contributed by atoms with Gasteiger partial charge in [-0.1, -0.05) is 0 Å². The third-order valence-corrected chi connectivity index (χ3v) is 7.59. The Hall–Kier alpha value is -0.190. The minimum atomic E-state index is -3.85. The third kappa shape index (κ3) is 3.03. The zero-order valence-corrected chi connectivity index (χ0v) is 12.7. The molecule has 1 atom stereocenters. The van der Waals surface area contributed by atoms with Crippen molar-refractivity contribution < 1.29 is 16.8 Å². The number of primary sulfonamides is 1. The average Bonchev–Trinajstić information content (AvgIpc) is 2.53. The fraction of sp³-hybridized carbons (Fsp3) is 0.500. The average molecular weight is 333 g/mol. The molecule has 1 aromatic rings. The van der Waals surface area contributed by atoms with E-state index in [1.165, 1.54) is 6.07 Å². The first kappa shape index (κ1) is 15.9. The van der Waals surface area contributed by atoms with Gasteiger partial charge in [-0.3, -0.25) is 0 Å². The molecule has 1 aliphatic heterocycles. The molecular weight excluding hydrogens is 320 g/mol. The second kappa shape index (κ2) is 5.06. The number of rotatable bonds is 1. The number of fused-ring (bicyclic) bond motifs is 1. The molecule has 1 aliphatic rings. The number of nitrogens with two attached hydrogens (primary N) is 1. The van der Waals surface area contributed by atoms with Crippen LogP contribution in [0.5, 0.6) is 0 Å². The van der Waals surface area contributed by atoms with Crippen LogP contribution in [0.2, 0.25) is 0 Å². The first-order valence-electron chi connectivity index (χ1n) is 4.82. The van der Waals surface area contributed by atoms with Crippen molar-refractivity contribution in [3.8, 4) is 0 Å². The highest BCUT2D eigenvalue weighted by Gasteiger charge is 2.29. The van der Waals surface area contributed by atoms with Gasteiger partial charge in [-0.05, 0) is 18.6 Å². The van der Waals surface area contributed by atoms with E-state index >= 15 is 0 Å². The van der Waals surface area contributed by atoms with E-state index in [0.29, 0.717) is 12.1 Å². The molecule has 18 heavy (non-hydrogen) atoms. The molecule has 1 aromatic heterocycles. The van der Waals surface area contributed by atoms with E-state index in [1.54, 1.807) is 6.92 Å². The lowest BCUT2D eigenvalue weighted by molar-refractivity contribution is 0.570. The zero-order valence-electron chi connectivity index (χ0n) is 9.41. The Morgan fingerprint density at radius 1 is 1.50 bits per heavy atom. The van der Waals surface area contributed by atoms with Gasteiger partial charge in [0.15, 0.2) is 9.84 Å². The number of hydrogen-bond acceptors (Lipinski definition) is 6. The van der Waals surface area contributed by atoms with Gasteiger partial charge in [0.2, 0.25) is 10.0 Å². The smallest absolute Gasteiger partial charge is 0.247 e. The van der Waals surface area contributed by atoms with Crippen molar-refractivity contribution >= 4 is 43.6 Å². The zero-order chi connectivity index (χ0) is 12.8. The lowest BCUT2D eigenvalue weighted by Gasteiger charge is -2.07. The molecule has 0 saturated heterocycles. The second-order valence-corrected chi connectivity index (χ2v) is 9.06. The number of sulfonamides is 1. The summed E-state index contributed by atoms with van der Waals surface area (Å²) in [5, 5.41) is 8.00. The molecule has 0 bridgehead atoms. The molecular formula is C8H13ClN2O4S3. The molecule has 2 rings (SSSR count). The van der Waals surface area contributed by atoms with Gasteiger partial charge in [0.05, 0.1) is 5.75 Å². The minimum absolute atomic E-state index is 0. The van der Waals surface area contributed by atoms with Crippen LogP contribution in [-0.2, 0) is 26.4 Å². The number of thiophene rings is 1. The van der Waals surface area contributed by atoms with Crippen molar-refractivity contribution in [2.75, 3.05) is 5.75 Å². The monoisotopic (exact) mass is 332 g/mol. The summed E-state index contributed by atoms with van der Waals surface area (Å²) in [4.78, 5) is 0. The van der Waals surface area contributed by atoms with Crippen molar-refractivity contribution in [1.29, 1.82) is 0 Å². The Labute approximate surface area is 116 Å². The van der Waals surface area contributed by atoms with Crippen molar-refractivity contribution in [1.82, 2.24) is 5.32 Å². The van der Waals surface area contributed by atoms with Gasteiger partial charge in [-0.2, -0.15) is 0 Å². The van der Waals surface area contributed by atoms with Gasteiger partial charge >= 0.3 is 0 Å². The first-order chi connectivity index (χ1) is 7.70. The molecule has 0 spiro atoms. The maximum Gasteiger partial charge on any atom is 0.247 e. The van der Waals surface area contributed by atoms with Crippen molar-refractivity contribution in [3.05, 3.63) is 11.6 Å². The van der Waals surface area contributed by atoms with Crippen LogP contribution in [0.15, 0.2) is 14.5 Å². The predicted molar refractivity (Wildman–Crippen MR) is 71.3 cm³/mol. The number of hydrogen-bond donors (Lipinski definition) is 2. The second-order valence-electron chi connectivity index (χ2n) is 3.99. The van der Waals surface area contributed by atoms with E-state index in [4.69, 9.17) is 5.14 Å². The van der Waals surface area contributed by atoms with Crippen LogP contribution in [0, 0.1) is 0 Å². The van der Waals surface area contributed by atoms with Gasteiger partial charge in [0, 0.05) is 12.6 Å². The molecule has 10 heteroatoms. The van der Waals surface area contributed by atoms with Crippen LogP contribution >= 0.6 is 23.7 Å². The van der Waals surface area contributed by atoms with Crippen molar-refractivity contribution in [2.45, 2.75) is 27.9 Å². The standard InChI is InChI=1S/C8H12N2O4S3.ClH/c1-5-4-16(11,12)8-6(3-10-5)2-7(15-8)17(9,13)14;/h2,5,10H,3-4H2,1H3,(H2,9,13,14);1H. The van der Waals surface area contributed by atoms with Crippen LogP contribution in [-0.4, -0.2) is 28.6 Å². The number of sulfone groups is 1. The maximum absolute atomic E-state index is 12.0. The van der Waals surface area contributed by atoms with Crippen LogP contribution in [0.25, 0.3) is 0 Å². The first-order valence-corrected chi connectivity index (χ1v) is 8.83. The third-order valence-electron chi connectivity index (χ3n) is 2.42. The van der Waals surface area contributed by atoms with Crippen molar-refractivity contribution in [3.63, 3.8) is 0 Å². The molecule has 0 radical (unpaired) electrons. The van der Waals surface area contributed by atoms with E-state index < -0.39 is 19.9 Å². The summed E-state index contributed by atoms with van der Waals surface area (Å²) in [6, 6.07) is 1.18. The summed E-state index contributed by atoms with van der Waals surface area (Å²) in [6.45, 7) is 2.11. The quantitative estimate of drug-likeness (QED) is 0.757. The Morgan fingerprint density at radius 3 is 2.67 bits per heavy atom. The Bertz CT molecular complexity index is 650. The molecule has 1 unspecified atom stereocenters. The SMILES string of the molecule is CC1CS(=O)(=O)c2sc(S(N)(=O)=O)cc2CN1.Cl. The largest absolute Gasteiger partial charge is 0.309 e. The summed E-state index contributed by atoms with van der Waals surface area (Å²) in [7, 11) is -7.28. The Kier molecular flexibility index (Phi) is 4.46. The highest BCUT2D eigenvalue weighted by molar-refractivity contribution is 7.95.